The van der Waals surface area contributed by atoms with Gasteiger partial charge in [0.15, 0.2) is 0 Å². The van der Waals surface area contributed by atoms with Crippen molar-refractivity contribution >= 4 is 46.4 Å². The molecule has 1 heterocycles. The van der Waals surface area contributed by atoms with Crippen LogP contribution >= 0.6 is 0 Å². The largest absolute Gasteiger partial charge is 0.508 e. The molecule has 0 saturated carbocycles. The Balaban J connectivity index is 1.29. The fourth-order valence-corrected chi connectivity index (χ4v) is 3.97. The number of nitrogens with one attached hydrogen (secondary N) is 6. The summed E-state index contributed by atoms with van der Waals surface area (Å²) in [5.74, 6) is -4.65. The van der Waals surface area contributed by atoms with Crippen LogP contribution in [0.4, 0.5) is 0 Å². The minimum absolute atomic E-state index is 0.0134. The van der Waals surface area contributed by atoms with Gasteiger partial charge in [-0.25, -0.2) is 4.79 Å². The van der Waals surface area contributed by atoms with Gasteiger partial charge in [0.1, 0.15) is 11.8 Å². The van der Waals surface area contributed by atoms with E-state index in [2.05, 4.69) is 31.6 Å². The Hall–Kier alpha value is -5.44. The normalized spacial score (nSPS) is 12.0. The van der Waals surface area contributed by atoms with E-state index in [0.717, 1.165) is 16.5 Å². The molecule has 3 rings (SSSR count). The van der Waals surface area contributed by atoms with Gasteiger partial charge in [-0.1, -0.05) is 30.3 Å². The van der Waals surface area contributed by atoms with Crippen LogP contribution in [0.1, 0.15) is 11.1 Å². The van der Waals surface area contributed by atoms with Crippen LogP contribution in [0, 0.1) is 0 Å². The van der Waals surface area contributed by atoms with Crippen molar-refractivity contribution in [2.45, 2.75) is 24.9 Å². The number of carbonyl (C=O) groups excluding carboxylic acids is 5. The maximum atomic E-state index is 12.3. The third-order valence-electron chi connectivity index (χ3n) is 6.22. The summed E-state index contributed by atoms with van der Waals surface area (Å²) in [5.41, 5.74) is 8.31. The van der Waals surface area contributed by atoms with Gasteiger partial charge in [-0.3, -0.25) is 24.0 Å². The number of hydrogen-bond acceptors (Lipinski definition) is 8. The van der Waals surface area contributed by atoms with Crippen LogP contribution in [-0.4, -0.2) is 89.0 Å². The maximum Gasteiger partial charge on any atom is 0.326 e. The molecule has 0 aliphatic heterocycles. The lowest BCUT2D eigenvalue weighted by Crippen LogP contribution is -2.49. The van der Waals surface area contributed by atoms with Crippen LogP contribution in [0.25, 0.3) is 10.9 Å². The Morgan fingerprint density at radius 2 is 1.30 bits per heavy atom. The molecule has 15 nitrogen and oxygen atoms in total. The number of hydrogen-bond donors (Lipinski definition) is 9. The van der Waals surface area contributed by atoms with Crippen LogP contribution in [0.2, 0.25) is 0 Å². The average Bonchev–Trinajstić information content (AvgIpc) is 3.39. The molecule has 0 spiro atoms. The Kier molecular flexibility index (Phi) is 11.6. The highest BCUT2D eigenvalue weighted by Crippen LogP contribution is 2.18. The van der Waals surface area contributed by atoms with Crippen molar-refractivity contribution in [2.24, 2.45) is 5.73 Å². The van der Waals surface area contributed by atoms with Crippen molar-refractivity contribution in [3.05, 3.63) is 65.9 Å². The van der Waals surface area contributed by atoms with Crippen LogP contribution in [0.3, 0.4) is 0 Å². The summed E-state index contributed by atoms with van der Waals surface area (Å²) in [6.07, 6.45) is 1.98. The highest BCUT2D eigenvalue weighted by Gasteiger charge is 2.21. The number of carboxylic acid groups (broad SMARTS) is 1. The van der Waals surface area contributed by atoms with E-state index in [4.69, 9.17) is 5.73 Å². The molecule has 0 unspecified atom stereocenters. The fraction of sp³-hybridized carbons (Fsp3) is 0.286. The first-order valence-corrected chi connectivity index (χ1v) is 13.2. The highest BCUT2D eigenvalue weighted by molar-refractivity contribution is 5.92. The number of phenols is 1. The summed E-state index contributed by atoms with van der Waals surface area (Å²) in [6, 6.07) is 11.2. The Bertz CT molecular complexity index is 1470. The monoisotopic (exact) mass is 595 g/mol. The molecule has 0 bridgehead atoms. The van der Waals surface area contributed by atoms with Gasteiger partial charge in [0.2, 0.25) is 29.5 Å². The van der Waals surface area contributed by atoms with Crippen LogP contribution in [0.15, 0.2) is 54.7 Å². The van der Waals surface area contributed by atoms with Gasteiger partial charge in [0.05, 0.1) is 32.2 Å². The predicted octanol–water partition coefficient (Wildman–Crippen LogP) is -1.98. The lowest BCUT2D eigenvalue weighted by atomic mass is 10.1. The van der Waals surface area contributed by atoms with Crippen molar-refractivity contribution in [3.63, 3.8) is 0 Å². The number of aliphatic carboxylic acids is 1. The second kappa shape index (κ2) is 15.5. The molecule has 0 radical (unpaired) electrons. The standard InChI is InChI=1S/C28H33N7O8/c29-20(10-17-11-30-21-4-2-1-3-19(17)21)27(41)34-14-25(39)32-12-23(37)31-13-24(38)33-15-26(40)35-22(28(42)43)9-16-5-7-18(36)8-6-16/h1-8,11,20,22,30,36H,9-10,12-15,29H2,(H,31,37)(H,32,39)(H,33,38)(H,34,41)(H,35,40)(H,42,43)/t20-,22-/m0/s1. The van der Waals surface area contributed by atoms with Gasteiger partial charge in [0, 0.05) is 23.5 Å². The van der Waals surface area contributed by atoms with Crippen molar-refractivity contribution < 1.29 is 39.0 Å². The fourth-order valence-electron chi connectivity index (χ4n) is 3.97. The number of benzene rings is 2. The molecule has 228 valence electrons. The molecule has 5 amide bonds. The number of para-hydroxylation sites is 1. The average molecular weight is 596 g/mol. The minimum atomic E-state index is -1.28. The number of amides is 5. The molecule has 0 aliphatic rings. The predicted molar refractivity (Wildman–Crippen MR) is 153 cm³/mol. The van der Waals surface area contributed by atoms with Crippen LogP contribution in [-0.2, 0) is 41.6 Å². The van der Waals surface area contributed by atoms with Gasteiger partial charge in [-0.15, -0.1) is 0 Å². The van der Waals surface area contributed by atoms with E-state index in [1.807, 2.05) is 24.3 Å². The van der Waals surface area contributed by atoms with E-state index in [1.165, 1.54) is 24.3 Å². The van der Waals surface area contributed by atoms with E-state index in [0.29, 0.717) is 5.56 Å². The van der Waals surface area contributed by atoms with E-state index in [1.54, 1.807) is 6.20 Å². The SMILES string of the molecule is N[C@@H](Cc1c[nH]c2ccccc12)C(=O)NCC(=O)NCC(=O)NCC(=O)NCC(=O)N[C@@H](Cc1ccc(O)cc1)C(=O)O. The molecule has 10 N–H and O–H groups in total. The quantitative estimate of drug-likeness (QED) is 0.0943. The zero-order chi connectivity index (χ0) is 31.4. The summed E-state index contributed by atoms with van der Waals surface area (Å²) in [7, 11) is 0. The Labute approximate surface area is 245 Å². The zero-order valence-electron chi connectivity index (χ0n) is 23.0. The first kappa shape index (κ1) is 32.1. The third-order valence-corrected chi connectivity index (χ3v) is 6.22. The second-order valence-corrected chi connectivity index (χ2v) is 9.55. The lowest BCUT2D eigenvalue weighted by Gasteiger charge is -2.15. The number of aromatic nitrogens is 1. The number of fused-ring (bicyclic) bond motifs is 1. The number of phenolic OH excluding ortho intramolecular Hbond substituents is 1. The minimum Gasteiger partial charge on any atom is -0.508 e. The van der Waals surface area contributed by atoms with E-state index in [9.17, 15) is 39.0 Å². The van der Waals surface area contributed by atoms with Crippen molar-refractivity contribution in [1.29, 1.82) is 0 Å². The number of rotatable bonds is 15. The second-order valence-electron chi connectivity index (χ2n) is 9.55. The first-order chi connectivity index (χ1) is 20.5. The number of aromatic hydroxyl groups is 1. The van der Waals surface area contributed by atoms with Crippen LogP contribution < -0.4 is 32.3 Å². The molecule has 3 aromatic rings. The van der Waals surface area contributed by atoms with E-state index < -0.39 is 73.8 Å². The smallest absolute Gasteiger partial charge is 0.326 e. The highest BCUT2D eigenvalue weighted by atomic mass is 16.4. The van der Waals surface area contributed by atoms with E-state index in [-0.39, 0.29) is 18.6 Å². The summed E-state index contributed by atoms with van der Waals surface area (Å²) in [5, 5.41) is 31.1. The van der Waals surface area contributed by atoms with Gasteiger partial charge in [-0.2, -0.15) is 0 Å². The number of carboxylic acids is 1. The summed E-state index contributed by atoms with van der Waals surface area (Å²) >= 11 is 0. The van der Waals surface area contributed by atoms with Gasteiger partial charge in [-0.05, 0) is 35.7 Å². The number of H-pyrrole nitrogens is 1. The topological polar surface area (TPSA) is 245 Å². The summed E-state index contributed by atoms with van der Waals surface area (Å²) < 4.78 is 0. The Morgan fingerprint density at radius 3 is 1.91 bits per heavy atom. The molecule has 43 heavy (non-hydrogen) atoms. The molecular formula is C28H33N7O8. The van der Waals surface area contributed by atoms with Gasteiger partial charge in [0.25, 0.3) is 0 Å². The molecule has 0 fully saturated rings. The van der Waals surface area contributed by atoms with Crippen molar-refractivity contribution in [2.75, 3.05) is 26.2 Å². The van der Waals surface area contributed by atoms with Gasteiger partial charge < -0.3 is 47.5 Å². The van der Waals surface area contributed by atoms with Crippen molar-refractivity contribution in [3.8, 4) is 5.75 Å². The molecule has 0 aliphatic carbocycles. The zero-order valence-corrected chi connectivity index (χ0v) is 23.0. The van der Waals surface area contributed by atoms with Gasteiger partial charge >= 0.3 is 5.97 Å². The molecule has 15 heteroatoms. The maximum absolute atomic E-state index is 12.3. The van der Waals surface area contributed by atoms with Crippen LogP contribution in [0.5, 0.6) is 5.75 Å². The number of carbonyl (C=O) groups is 6. The number of nitrogens with two attached hydrogens (primary N) is 1. The molecule has 1 aromatic heterocycles. The lowest BCUT2D eigenvalue weighted by molar-refractivity contribution is -0.141. The first-order valence-electron chi connectivity index (χ1n) is 13.2. The third kappa shape index (κ3) is 10.5. The Morgan fingerprint density at radius 1 is 0.744 bits per heavy atom. The summed E-state index contributed by atoms with van der Waals surface area (Å²) in [6.45, 7) is -1.92. The molecule has 0 saturated heterocycles. The summed E-state index contributed by atoms with van der Waals surface area (Å²) in [4.78, 5) is 74.9. The molecule has 2 atom stereocenters. The molecule has 2 aromatic carbocycles. The van der Waals surface area contributed by atoms with E-state index >= 15 is 0 Å². The van der Waals surface area contributed by atoms with Crippen molar-refractivity contribution in [1.82, 2.24) is 31.6 Å². The number of aromatic amines is 1. The molecular weight excluding hydrogens is 562 g/mol.